The van der Waals surface area contributed by atoms with E-state index < -0.39 is 5.60 Å². The number of para-hydroxylation sites is 1. The topological polar surface area (TPSA) is 43.8 Å². The Kier molecular flexibility index (Phi) is 5.80. The van der Waals surface area contributed by atoms with E-state index in [4.69, 9.17) is 0 Å². The largest absolute Gasteiger partial charge is 0.387 e. The molecule has 0 spiro atoms. The quantitative estimate of drug-likeness (QED) is 0.860. The minimum Gasteiger partial charge on any atom is -0.387 e. The van der Waals surface area contributed by atoms with Crippen molar-refractivity contribution >= 4 is 22.9 Å². The van der Waals surface area contributed by atoms with Gasteiger partial charge in [-0.3, -0.25) is 9.69 Å². The summed E-state index contributed by atoms with van der Waals surface area (Å²) in [6.45, 7) is 7.34. The minimum absolute atomic E-state index is 0.0567. The SMILES string of the molecule is CCC(=O)N(c1ccccc1)C1CCN(C(C)c2cccs2)CC1(C)O. The summed E-state index contributed by atoms with van der Waals surface area (Å²) in [4.78, 5) is 18.1. The van der Waals surface area contributed by atoms with E-state index >= 15 is 0 Å². The van der Waals surface area contributed by atoms with Crippen LogP contribution < -0.4 is 4.90 Å². The van der Waals surface area contributed by atoms with Gasteiger partial charge < -0.3 is 10.0 Å². The molecule has 5 heteroatoms. The predicted molar refractivity (Wildman–Crippen MR) is 108 cm³/mol. The average molecular weight is 373 g/mol. The van der Waals surface area contributed by atoms with Crippen LogP contribution in [0.5, 0.6) is 0 Å². The van der Waals surface area contributed by atoms with Crippen molar-refractivity contribution in [1.29, 1.82) is 0 Å². The van der Waals surface area contributed by atoms with E-state index in [0.29, 0.717) is 13.0 Å². The van der Waals surface area contributed by atoms with Gasteiger partial charge in [0.2, 0.25) is 5.91 Å². The number of rotatable bonds is 5. The van der Waals surface area contributed by atoms with E-state index in [0.717, 1.165) is 18.7 Å². The Bertz CT molecular complexity index is 715. The van der Waals surface area contributed by atoms with Gasteiger partial charge in [-0.25, -0.2) is 0 Å². The van der Waals surface area contributed by atoms with Crippen molar-refractivity contribution in [3.8, 4) is 0 Å². The van der Waals surface area contributed by atoms with E-state index in [2.05, 4.69) is 29.3 Å². The van der Waals surface area contributed by atoms with E-state index in [9.17, 15) is 9.90 Å². The molecule has 3 rings (SSSR count). The van der Waals surface area contributed by atoms with E-state index in [-0.39, 0.29) is 18.0 Å². The van der Waals surface area contributed by atoms with Crippen molar-refractivity contribution in [2.75, 3.05) is 18.0 Å². The van der Waals surface area contributed by atoms with Crippen molar-refractivity contribution in [2.45, 2.75) is 51.3 Å². The number of likely N-dealkylation sites (tertiary alicyclic amines) is 1. The maximum absolute atomic E-state index is 12.7. The van der Waals surface area contributed by atoms with Crippen LogP contribution in [0, 0.1) is 0 Å². The van der Waals surface area contributed by atoms with Crippen molar-refractivity contribution in [1.82, 2.24) is 4.90 Å². The second kappa shape index (κ2) is 7.91. The van der Waals surface area contributed by atoms with Gasteiger partial charge in [-0.1, -0.05) is 31.2 Å². The zero-order valence-electron chi connectivity index (χ0n) is 15.8. The van der Waals surface area contributed by atoms with Gasteiger partial charge in [0.15, 0.2) is 0 Å². The van der Waals surface area contributed by atoms with Gasteiger partial charge in [-0.2, -0.15) is 0 Å². The summed E-state index contributed by atoms with van der Waals surface area (Å²) in [6, 6.07) is 14.0. The first-order chi connectivity index (χ1) is 12.4. The third-order valence-electron chi connectivity index (χ3n) is 5.35. The van der Waals surface area contributed by atoms with Gasteiger partial charge in [0.05, 0.1) is 11.6 Å². The number of hydrogen-bond donors (Lipinski definition) is 1. The van der Waals surface area contributed by atoms with Gasteiger partial charge in [-0.15, -0.1) is 11.3 Å². The summed E-state index contributed by atoms with van der Waals surface area (Å²) in [6.07, 6.45) is 1.18. The first-order valence-electron chi connectivity index (χ1n) is 9.31. The number of piperidine rings is 1. The zero-order chi connectivity index (χ0) is 18.7. The summed E-state index contributed by atoms with van der Waals surface area (Å²) in [5.74, 6) is 0.0567. The summed E-state index contributed by atoms with van der Waals surface area (Å²) in [5, 5.41) is 13.4. The maximum atomic E-state index is 12.7. The molecule has 1 aromatic carbocycles. The van der Waals surface area contributed by atoms with Crippen molar-refractivity contribution in [3.63, 3.8) is 0 Å². The highest BCUT2D eigenvalue weighted by Crippen LogP contribution is 2.35. The van der Waals surface area contributed by atoms with Gasteiger partial charge in [-0.05, 0) is 43.8 Å². The molecule has 0 aliphatic carbocycles. The van der Waals surface area contributed by atoms with Gasteiger partial charge in [0.25, 0.3) is 0 Å². The van der Waals surface area contributed by atoms with Crippen molar-refractivity contribution < 1.29 is 9.90 Å². The van der Waals surface area contributed by atoms with Crippen LogP contribution in [0.3, 0.4) is 0 Å². The number of aliphatic hydroxyl groups is 1. The Morgan fingerprint density at radius 3 is 2.65 bits per heavy atom. The molecule has 3 unspecified atom stereocenters. The molecule has 1 amide bonds. The third-order valence-corrected chi connectivity index (χ3v) is 6.39. The second-order valence-electron chi connectivity index (χ2n) is 7.28. The molecule has 2 aromatic rings. The lowest BCUT2D eigenvalue weighted by Crippen LogP contribution is -2.62. The normalized spacial score (nSPS) is 25.0. The number of thiophene rings is 1. The highest BCUT2D eigenvalue weighted by Gasteiger charge is 2.44. The molecular weight excluding hydrogens is 344 g/mol. The molecule has 0 radical (unpaired) electrons. The standard InChI is InChI=1S/C21H28N2O2S/c1-4-20(24)23(17-9-6-5-7-10-17)19-12-13-22(15-21(19,3)25)16(2)18-11-8-14-26-18/h5-11,14,16,19,25H,4,12-13,15H2,1-3H3. The molecule has 1 fully saturated rings. The Balaban J connectivity index is 1.83. The van der Waals surface area contributed by atoms with Crippen molar-refractivity contribution in [3.05, 3.63) is 52.7 Å². The Morgan fingerprint density at radius 1 is 1.35 bits per heavy atom. The number of hydrogen-bond acceptors (Lipinski definition) is 4. The molecule has 2 heterocycles. The minimum atomic E-state index is -0.968. The maximum Gasteiger partial charge on any atom is 0.227 e. The fourth-order valence-electron chi connectivity index (χ4n) is 3.90. The fraction of sp³-hybridized carbons (Fsp3) is 0.476. The van der Waals surface area contributed by atoms with Gasteiger partial charge >= 0.3 is 0 Å². The van der Waals surface area contributed by atoms with Crippen LogP contribution in [-0.2, 0) is 4.79 Å². The van der Waals surface area contributed by atoms with Crippen LogP contribution in [0.2, 0.25) is 0 Å². The molecule has 26 heavy (non-hydrogen) atoms. The van der Waals surface area contributed by atoms with Crippen molar-refractivity contribution in [2.24, 2.45) is 0 Å². The molecule has 3 atom stereocenters. The molecular formula is C21H28N2O2S. The lowest BCUT2D eigenvalue weighted by molar-refractivity contribution is -0.121. The molecule has 0 saturated carbocycles. The molecule has 1 aliphatic rings. The van der Waals surface area contributed by atoms with Crippen LogP contribution in [-0.4, -0.2) is 40.6 Å². The Morgan fingerprint density at radius 2 is 2.08 bits per heavy atom. The van der Waals surface area contributed by atoms with Crippen LogP contribution in [0.4, 0.5) is 5.69 Å². The van der Waals surface area contributed by atoms with Gasteiger partial charge in [0.1, 0.15) is 0 Å². The number of benzene rings is 1. The average Bonchev–Trinajstić information content (AvgIpc) is 3.17. The molecule has 1 N–H and O–H groups in total. The lowest BCUT2D eigenvalue weighted by Gasteiger charge is -2.49. The lowest BCUT2D eigenvalue weighted by atomic mass is 9.86. The summed E-state index contributed by atoms with van der Waals surface area (Å²) < 4.78 is 0. The third kappa shape index (κ3) is 3.85. The number of anilines is 1. The first kappa shape index (κ1) is 19.1. The number of amides is 1. The predicted octanol–water partition coefficient (Wildman–Crippen LogP) is 4.08. The second-order valence-corrected chi connectivity index (χ2v) is 8.26. The fourth-order valence-corrected chi connectivity index (χ4v) is 4.72. The summed E-state index contributed by atoms with van der Waals surface area (Å²) in [7, 11) is 0. The molecule has 1 saturated heterocycles. The number of β-amino-alcohol motifs (C(OH)–C–C–N with tert-alkyl or cyclic N) is 1. The molecule has 140 valence electrons. The molecule has 1 aliphatic heterocycles. The highest BCUT2D eigenvalue weighted by molar-refractivity contribution is 7.10. The summed E-state index contributed by atoms with van der Waals surface area (Å²) >= 11 is 1.75. The number of nitrogens with zero attached hydrogens (tertiary/aromatic N) is 2. The summed E-state index contributed by atoms with van der Waals surface area (Å²) in [5.41, 5.74) is -0.103. The van der Waals surface area contributed by atoms with Crippen LogP contribution in [0.25, 0.3) is 0 Å². The molecule has 0 bridgehead atoms. The van der Waals surface area contributed by atoms with E-state index in [1.807, 2.05) is 49.1 Å². The smallest absolute Gasteiger partial charge is 0.227 e. The van der Waals surface area contributed by atoms with Gasteiger partial charge in [0, 0.05) is 36.1 Å². The van der Waals surface area contributed by atoms with Crippen LogP contribution >= 0.6 is 11.3 Å². The van der Waals surface area contributed by atoms with E-state index in [1.165, 1.54) is 4.88 Å². The monoisotopic (exact) mass is 372 g/mol. The Labute approximate surface area is 160 Å². The zero-order valence-corrected chi connectivity index (χ0v) is 16.6. The molecule has 1 aromatic heterocycles. The number of carbonyl (C=O) groups excluding carboxylic acids is 1. The van der Waals surface area contributed by atoms with Crippen LogP contribution in [0.15, 0.2) is 47.8 Å². The highest BCUT2D eigenvalue weighted by atomic mass is 32.1. The molecule has 4 nitrogen and oxygen atoms in total. The number of carbonyl (C=O) groups is 1. The first-order valence-corrected chi connectivity index (χ1v) is 10.2. The van der Waals surface area contributed by atoms with E-state index in [1.54, 1.807) is 11.3 Å². The Hall–Kier alpha value is -1.69. The van der Waals surface area contributed by atoms with Crippen LogP contribution in [0.1, 0.15) is 44.5 Å².